The van der Waals surface area contributed by atoms with Crippen molar-refractivity contribution in [2.24, 2.45) is 0 Å². The van der Waals surface area contributed by atoms with Gasteiger partial charge in [-0.2, -0.15) is 0 Å². The van der Waals surface area contributed by atoms with Crippen molar-refractivity contribution < 1.29 is 14.6 Å². The number of hydrogen-bond acceptors (Lipinski definition) is 4. The van der Waals surface area contributed by atoms with Crippen molar-refractivity contribution in [3.05, 3.63) is 23.0 Å². The number of rotatable bonds is 4. The summed E-state index contributed by atoms with van der Waals surface area (Å²) in [4.78, 5) is 0. The molecule has 1 atom stereocenters. The first kappa shape index (κ1) is 13.0. The minimum Gasteiger partial charge on any atom is -0.397 e. The predicted molar refractivity (Wildman–Crippen MR) is 62.0 cm³/mol. The third kappa shape index (κ3) is 3.23. The number of nitrogens with one attached hydrogen (secondary N) is 1. The Morgan fingerprint density at radius 1 is 1.56 bits per heavy atom. The summed E-state index contributed by atoms with van der Waals surface area (Å²) in [5.74, 6) is -0.595. The van der Waals surface area contributed by atoms with Crippen LogP contribution >= 0.6 is 11.6 Å². The summed E-state index contributed by atoms with van der Waals surface area (Å²) in [5.41, 5.74) is 4.92. The third-order valence-corrected chi connectivity index (χ3v) is 2.38. The molecule has 0 spiro atoms. The van der Waals surface area contributed by atoms with Gasteiger partial charge in [-0.1, -0.05) is 11.6 Å². The number of aliphatic hydroxyl groups excluding tert-OH is 1. The molecule has 4 nitrogen and oxygen atoms in total. The van der Waals surface area contributed by atoms with Gasteiger partial charge in [-0.15, -0.1) is 0 Å². The molecule has 0 amide bonds. The second-order valence-corrected chi connectivity index (χ2v) is 4.27. The van der Waals surface area contributed by atoms with Gasteiger partial charge in [0.05, 0.1) is 23.0 Å². The molecule has 0 saturated heterocycles. The lowest BCUT2D eigenvalue weighted by Gasteiger charge is -2.22. The van der Waals surface area contributed by atoms with Crippen molar-refractivity contribution in [3.63, 3.8) is 0 Å². The Kier molecular flexibility index (Phi) is 3.96. The molecule has 16 heavy (non-hydrogen) atoms. The van der Waals surface area contributed by atoms with Crippen molar-refractivity contribution in [3.8, 4) is 0 Å². The zero-order valence-electron chi connectivity index (χ0n) is 8.80. The van der Waals surface area contributed by atoms with Crippen LogP contribution in [0.1, 0.15) is 6.92 Å². The smallest absolute Gasteiger partial charge is 0.143 e. The zero-order valence-corrected chi connectivity index (χ0v) is 9.55. The van der Waals surface area contributed by atoms with Crippen LogP contribution in [-0.4, -0.2) is 29.0 Å². The summed E-state index contributed by atoms with van der Waals surface area (Å²) in [6, 6.07) is 2.43. The summed E-state index contributed by atoms with van der Waals surface area (Å²) in [7, 11) is 0. The van der Waals surface area contributed by atoms with Gasteiger partial charge in [0.1, 0.15) is 11.4 Å². The van der Waals surface area contributed by atoms with E-state index in [0.29, 0.717) is 5.69 Å². The topological polar surface area (TPSA) is 78.5 Å². The molecule has 0 aromatic heterocycles. The van der Waals surface area contributed by atoms with Crippen LogP contribution in [0.15, 0.2) is 12.1 Å². The molecule has 1 aromatic carbocycles. The first-order valence-corrected chi connectivity index (χ1v) is 5.05. The van der Waals surface area contributed by atoms with Crippen molar-refractivity contribution in [2.45, 2.75) is 12.5 Å². The molecule has 0 radical (unpaired) electrons. The number of aliphatic hydroxyl groups is 2. The Labute approximate surface area is 97.8 Å². The van der Waals surface area contributed by atoms with Gasteiger partial charge < -0.3 is 21.3 Å². The maximum atomic E-state index is 13.1. The van der Waals surface area contributed by atoms with Crippen LogP contribution in [0.4, 0.5) is 15.8 Å². The van der Waals surface area contributed by atoms with Gasteiger partial charge >= 0.3 is 0 Å². The molecule has 0 heterocycles. The molecule has 90 valence electrons. The highest BCUT2D eigenvalue weighted by Gasteiger charge is 2.19. The summed E-state index contributed by atoms with van der Waals surface area (Å²) >= 11 is 5.53. The van der Waals surface area contributed by atoms with E-state index in [4.69, 9.17) is 22.4 Å². The summed E-state index contributed by atoms with van der Waals surface area (Å²) in [6.45, 7) is 1.09. The standard InChI is InChI=1S/C10H14ClFN2O2/c1-10(16,5-15)4-14-9-3-7(12)6(11)2-8(9)13/h2-3,14-16H,4-5,13H2,1H3. The van der Waals surface area contributed by atoms with Crippen LogP contribution in [0.3, 0.4) is 0 Å². The molecular formula is C10H14ClFN2O2. The minimum atomic E-state index is -1.29. The van der Waals surface area contributed by atoms with E-state index in [0.717, 1.165) is 6.07 Å². The van der Waals surface area contributed by atoms with Gasteiger partial charge in [-0.25, -0.2) is 4.39 Å². The van der Waals surface area contributed by atoms with Gasteiger partial charge in [-0.3, -0.25) is 0 Å². The molecule has 1 rings (SSSR count). The van der Waals surface area contributed by atoms with Gasteiger partial charge in [0.2, 0.25) is 0 Å². The highest BCUT2D eigenvalue weighted by Crippen LogP contribution is 2.26. The van der Waals surface area contributed by atoms with Gasteiger partial charge in [0.25, 0.3) is 0 Å². The van der Waals surface area contributed by atoms with Crippen LogP contribution < -0.4 is 11.1 Å². The average Bonchev–Trinajstić information content (AvgIpc) is 2.22. The molecular weight excluding hydrogens is 235 g/mol. The van der Waals surface area contributed by atoms with E-state index < -0.39 is 18.0 Å². The number of nitrogen functional groups attached to an aromatic ring is 1. The van der Waals surface area contributed by atoms with E-state index in [2.05, 4.69) is 5.32 Å². The average molecular weight is 249 g/mol. The van der Waals surface area contributed by atoms with E-state index in [1.165, 1.54) is 13.0 Å². The van der Waals surface area contributed by atoms with Crippen molar-refractivity contribution >= 4 is 23.0 Å². The quantitative estimate of drug-likeness (QED) is 0.604. The van der Waals surface area contributed by atoms with Crippen LogP contribution in [0.25, 0.3) is 0 Å². The fourth-order valence-electron chi connectivity index (χ4n) is 1.06. The van der Waals surface area contributed by atoms with E-state index >= 15 is 0 Å². The maximum Gasteiger partial charge on any atom is 0.143 e. The first-order chi connectivity index (χ1) is 7.35. The SMILES string of the molecule is CC(O)(CO)CNc1cc(F)c(Cl)cc1N. The normalized spacial score (nSPS) is 14.6. The number of benzene rings is 1. The van der Waals surface area contributed by atoms with Crippen molar-refractivity contribution in [1.29, 1.82) is 0 Å². The number of anilines is 2. The van der Waals surface area contributed by atoms with Crippen molar-refractivity contribution in [1.82, 2.24) is 0 Å². The molecule has 0 saturated carbocycles. The van der Waals surface area contributed by atoms with E-state index in [9.17, 15) is 9.50 Å². The van der Waals surface area contributed by atoms with Crippen LogP contribution in [0, 0.1) is 5.82 Å². The number of nitrogens with two attached hydrogens (primary N) is 1. The fraction of sp³-hybridized carbons (Fsp3) is 0.400. The van der Waals surface area contributed by atoms with Gasteiger partial charge in [0.15, 0.2) is 0 Å². The Hall–Kier alpha value is -1.04. The second kappa shape index (κ2) is 4.86. The van der Waals surface area contributed by atoms with E-state index in [1.807, 2.05) is 0 Å². The van der Waals surface area contributed by atoms with Gasteiger partial charge in [0, 0.05) is 12.6 Å². The molecule has 1 aromatic rings. The Morgan fingerprint density at radius 3 is 2.75 bits per heavy atom. The van der Waals surface area contributed by atoms with Crippen LogP contribution in [0.2, 0.25) is 5.02 Å². The highest BCUT2D eigenvalue weighted by molar-refractivity contribution is 6.31. The lowest BCUT2D eigenvalue weighted by molar-refractivity contribution is 0.0132. The molecule has 1 unspecified atom stereocenters. The fourth-order valence-corrected chi connectivity index (χ4v) is 1.23. The molecule has 0 fully saturated rings. The number of halogens is 2. The van der Waals surface area contributed by atoms with Crippen molar-refractivity contribution in [2.75, 3.05) is 24.2 Å². The lowest BCUT2D eigenvalue weighted by Crippen LogP contribution is -2.37. The Bertz CT molecular complexity index is 385. The minimum absolute atomic E-state index is 0.0504. The molecule has 0 aliphatic heterocycles. The van der Waals surface area contributed by atoms with E-state index in [-0.39, 0.29) is 17.3 Å². The third-order valence-electron chi connectivity index (χ3n) is 2.09. The van der Waals surface area contributed by atoms with Crippen LogP contribution in [-0.2, 0) is 0 Å². The van der Waals surface area contributed by atoms with E-state index in [1.54, 1.807) is 0 Å². The Balaban J connectivity index is 2.79. The molecule has 6 heteroatoms. The molecule has 5 N–H and O–H groups in total. The molecule has 0 bridgehead atoms. The largest absolute Gasteiger partial charge is 0.397 e. The predicted octanol–water partition coefficient (Wildman–Crippen LogP) is 1.22. The number of hydrogen-bond donors (Lipinski definition) is 4. The highest BCUT2D eigenvalue weighted by atomic mass is 35.5. The Morgan fingerprint density at radius 2 is 2.19 bits per heavy atom. The zero-order chi connectivity index (χ0) is 12.3. The first-order valence-electron chi connectivity index (χ1n) is 4.67. The summed E-state index contributed by atoms with van der Waals surface area (Å²) in [6.07, 6.45) is 0. The molecule has 0 aliphatic rings. The lowest BCUT2D eigenvalue weighted by atomic mass is 10.1. The summed E-state index contributed by atoms with van der Waals surface area (Å²) in [5, 5.41) is 21.0. The van der Waals surface area contributed by atoms with Gasteiger partial charge in [-0.05, 0) is 13.0 Å². The van der Waals surface area contributed by atoms with Crippen LogP contribution in [0.5, 0.6) is 0 Å². The monoisotopic (exact) mass is 248 g/mol. The second-order valence-electron chi connectivity index (χ2n) is 3.86. The molecule has 0 aliphatic carbocycles. The summed E-state index contributed by atoms with van der Waals surface area (Å²) < 4.78 is 13.1. The maximum absolute atomic E-state index is 13.1.